The number of carbonyl (C=O) groups is 1. The van der Waals surface area contributed by atoms with E-state index in [0.717, 1.165) is 12.5 Å². The van der Waals surface area contributed by atoms with Crippen LogP contribution in [0.1, 0.15) is 12.8 Å². The SMILES string of the molecule is CS(=O)(=O)CCCC=O. The van der Waals surface area contributed by atoms with Crippen molar-refractivity contribution in [3.8, 4) is 0 Å². The molecule has 0 N–H and O–H groups in total. The molecule has 0 amide bonds. The molecule has 0 atom stereocenters. The Labute approximate surface area is 55.0 Å². The van der Waals surface area contributed by atoms with Gasteiger partial charge in [0.1, 0.15) is 16.1 Å². The standard InChI is InChI=1S/C5H10O3S/c1-9(7,8)5-3-2-4-6/h4H,2-3,5H2,1H3. The van der Waals surface area contributed by atoms with Crippen LogP contribution >= 0.6 is 0 Å². The molecular formula is C5H10O3S. The molecular weight excluding hydrogens is 140 g/mol. The van der Waals surface area contributed by atoms with Crippen molar-refractivity contribution in [1.29, 1.82) is 0 Å². The maximum absolute atomic E-state index is 10.4. The summed E-state index contributed by atoms with van der Waals surface area (Å²) in [6.45, 7) is 0. The van der Waals surface area contributed by atoms with Crippen molar-refractivity contribution in [2.45, 2.75) is 12.8 Å². The minimum Gasteiger partial charge on any atom is -0.303 e. The van der Waals surface area contributed by atoms with Crippen LogP contribution in [0.2, 0.25) is 0 Å². The van der Waals surface area contributed by atoms with E-state index in [1.165, 1.54) is 0 Å². The Morgan fingerprint density at radius 1 is 1.44 bits per heavy atom. The summed E-state index contributed by atoms with van der Waals surface area (Å²) in [5, 5.41) is 0. The van der Waals surface area contributed by atoms with E-state index >= 15 is 0 Å². The number of sulfone groups is 1. The van der Waals surface area contributed by atoms with Gasteiger partial charge in [-0.15, -0.1) is 0 Å². The molecule has 0 heterocycles. The van der Waals surface area contributed by atoms with Crippen molar-refractivity contribution in [3.05, 3.63) is 0 Å². The second-order valence-electron chi connectivity index (χ2n) is 1.94. The Bertz CT molecular complexity index is 169. The number of unbranched alkanes of at least 4 members (excludes halogenated alkanes) is 1. The Balaban J connectivity index is 3.40. The van der Waals surface area contributed by atoms with Crippen LogP contribution in [-0.2, 0) is 14.6 Å². The minimum atomic E-state index is -2.86. The second-order valence-corrected chi connectivity index (χ2v) is 4.20. The molecule has 0 aromatic heterocycles. The third kappa shape index (κ3) is 7.62. The highest BCUT2D eigenvalue weighted by Gasteiger charge is 1.99. The fourth-order valence-electron chi connectivity index (χ4n) is 0.429. The third-order valence-electron chi connectivity index (χ3n) is 0.837. The van der Waals surface area contributed by atoms with Gasteiger partial charge in [-0.1, -0.05) is 0 Å². The number of carbonyl (C=O) groups excluding carboxylic acids is 1. The Morgan fingerprint density at radius 3 is 2.33 bits per heavy atom. The molecule has 0 aromatic rings. The number of aldehydes is 1. The number of hydrogen-bond acceptors (Lipinski definition) is 3. The molecule has 0 saturated heterocycles. The molecule has 0 aliphatic heterocycles. The summed E-state index contributed by atoms with van der Waals surface area (Å²) in [5.41, 5.74) is 0. The summed E-state index contributed by atoms with van der Waals surface area (Å²) in [7, 11) is -2.86. The first kappa shape index (κ1) is 8.62. The van der Waals surface area contributed by atoms with Crippen molar-refractivity contribution in [3.63, 3.8) is 0 Å². The van der Waals surface area contributed by atoms with Crippen molar-refractivity contribution < 1.29 is 13.2 Å². The van der Waals surface area contributed by atoms with Crippen LogP contribution in [0.25, 0.3) is 0 Å². The van der Waals surface area contributed by atoms with Gasteiger partial charge in [0, 0.05) is 12.7 Å². The Hall–Kier alpha value is -0.380. The van der Waals surface area contributed by atoms with Crippen molar-refractivity contribution in [2.24, 2.45) is 0 Å². The molecule has 0 bridgehead atoms. The lowest BCUT2D eigenvalue weighted by molar-refractivity contribution is -0.107. The van der Waals surface area contributed by atoms with E-state index in [1.54, 1.807) is 0 Å². The van der Waals surface area contributed by atoms with E-state index in [1.807, 2.05) is 0 Å². The van der Waals surface area contributed by atoms with E-state index in [9.17, 15) is 13.2 Å². The highest BCUT2D eigenvalue weighted by molar-refractivity contribution is 7.90. The lowest BCUT2D eigenvalue weighted by Crippen LogP contribution is -2.02. The van der Waals surface area contributed by atoms with E-state index < -0.39 is 9.84 Å². The highest BCUT2D eigenvalue weighted by atomic mass is 32.2. The quantitative estimate of drug-likeness (QED) is 0.419. The third-order valence-corrected chi connectivity index (χ3v) is 1.87. The van der Waals surface area contributed by atoms with Crippen LogP contribution < -0.4 is 0 Å². The van der Waals surface area contributed by atoms with Crippen LogP contribution in [0.5, 0.6) is 0 Å². The maximum atomic E-state index is 10.4. The zero-order valence-corrected chi connectivity index (χ0v) is 6.15. The van der Waals surface area contributed by atoms with Crippen LogP contribution in [0.3, 0.4) is 0 Å². The van der Waals surface area contributed by atoms with Crippen molar-refractivity contribution in [1.82, 2.24) is 0 Å². The zero-order valence-electron chi connectivity index (χ0n) is 5.33. The number of hydrogen-bond donors (Lipinski definition) is 0. The predicted octanol–water partition coefficient (Wildman–Crippen LogP) is 0.0101. The van der Waals surface area contributed by atoms with E-state index in [2.05, 4.69) is 0 Å². The molecule has 0 aliphatic rings. The monoisotopic (exact) mass is 150 g/mol. The highest BCUT2D eigenvalue weighted by Crippen LogP contribution is 1.90. The van der Waals surface area contributed by atoms with Crippen LogP contribution in [-0.4, -0.2) is 26.7 Å². The van der Waals surface area contributed by atoms with Crippen LogP contribution in [0, 0.1) is 0 Å². The summed E-state index contributed by atoms with van der Waals surface area (Å²) in [6, 6.07) is 0. The Kier molecular flexibility index (Phi) is 3.46. The summed E-state index contributed by atoms with van der Waals surface area (Å²) >= 11 is 0. The first-order valence-corrected chi connectivity index (χ1v) is 4.73. The first-order valence-electron chi connectivity index (χ1n) is 2.67. The van der Waals surface area contributed by atoms with Gasteiger partial charge in [0.2, 0.25) is 0 Å². The van der Waals surface area contributed by atoms with Gasteiger partial charge in [-0.05, 0) is 6.42 Å². The molecule has 0 spiro atoms. The molecule has 0 rings (SSSR count). The average Bonchev–Trinajstić information content (AvgIpc) is 1.63. The summed E-state index contributed by atoms with van der Waals surface area (Å²) in [6.07, 6.45) is 2.68. The van der Waals surface area contributed by atoms with Crippen molar-refractivity contribution in [2.75, 3.05) is 12.0 Å². The van der Waals surface area contributed by atoms with Gasteiger partial charge < -0.3 is 4.79 Å². The second kappa shape index (κ2) is 3.61. The van der Waals surface area contributed by atoms with E-state index in [4.69, 9.17) is 0 Å². The largest absolute Gasteiger partial charge is 0.303 e. The van der Waals surface area contributed by atoms with E-state index in [-0.39, 0.29) is 5.75 Å². The van der Waals surface area contributed by atoms with Gasteiger partial charge in [-0.25, -0.2) is 8.42 Å². The van der Waals surface area contributed by atoms with Crippen molar-refractivity contribution >= 4 is 16.1 Å². The summed E-state index contributed by atoms with van der Waals surface area (Å²) in [4.78, 5) is 9.70. The molecule has 9 heavy (non-hydrogen) atoms. The van der Waals surface area contributed by atoms with E-state index in [0.29, 0.717) is 12.8 Å². The fraction of sp³-hybridized carbons (Fsp3) is 0.800. The molecule has 54 valence electrons. The molecule has 4 heteroatoms. The van der Waals surface area contributed by atoms with Gasteiger partial charge in [-0.3, -0.25) is 0 Å². The topological polar surface area (TPSA) is 51.2 Å². The normalized spacial score (nSPS) is 11.2. The molecule has 0 unspecified atom stereocenters. The smallest absolute Gasteiger partial charge is 0.147 e. The van der Waals surface area contributed by atoms with Gasteiger partial charge in [-0.2, -0.15) is 0 Å². The first-order chi connectivity index (χ1) is 4.06. The molecule has 3 nitrogen and oxygen atoms in total. The van der Waals surface area contributed by atoms with Gasteiger partial charge in [0.15, 0.2) is 0 Å². The summed E-state index contributed by atoms with van der Waals surface area (Å²) in [5.74, 6) is 0.117. The Morgan fingerprint density at radius 2 is 2.00 bits per heavy atom. The van der Waals surface area contributed by atoms with Gasteiger partial charge >= 0.3 is 0 Å². The fourth-order valence-corrected chi connectivity index (χ4v) is 1.12. The molecule has 0 fully saturated rings. The average molecular weight is 150 g/mol. The van der Waals surface area contributed by atoms with Crippen LogP contribution in [0.15, 0.2) is 0 Å². The zero-order chi connectivity index (χ0) is 7.33. The lowest BCUT2D eigenvalue weighted by Gasteiger charge is -1.90. The minimum absolute atomic E-state index is 0.117. The number of rotatable bonds is 4. The molecule has 0 radical (unpaired) electrons. The summed E-state index contributed by atoms with van der Waals surface area (Å²) < 4.78 is 20.8. The lowest BCUT2D eigenvalue weighted by atomic mass is 10.4. The predicted molar refractivity (Wildman–Crippen MR) is 35.0 cm³/mol. The van der Waals surface area contributed by atoms with Crippen LogP contribution in [0.4, 0.5) is 0 Å². The molecule has 0 aliphatic carbocycles. The molecule has 0 saturated carbocycles. The maximum Gasteiger partial charge on any atom is 0.147 e. The van der Waals surface area contributed by atoms with Gasteiger partial charge in [0.05, 0.1) is 5.75 Å². The van der Waals surface area contributed by atoms with Gasteiger partial charge in [0.25, 0.3) is 0 Å². The molecule has 0 aromatic carbocycles.